The number of aryl methyl sites for hydroxylation is 1. The molecule has 0 radical (unpaired) electrons. The zero-order valence-electron chi connectivity index (χ0n) is 8.67. The fourth-order valence-corrected chi connectivity index (χ4v) is 2.51. The van der Waals surface area contributed by atoms with Crippen LogP contribution < -0.4 is 5.73 Å². The van der Waals surface area contributed by atoms with E-state index in [9.17, 15) is 17.4 Å². The topological polar surface area (TPSA) is 43.1 Å². The number of nitrogen functional groups attached to an aromatic ring is 1. The van der Waals surface area contributed by atoms with E-state index in [1.54, 1.807) is 19.1 Å². The minimum Gasteiger partial charge on any atom is -0.399 e. The van der Waals surface area contributed by atoms with Gasteiger partial charge in [0.2, 0.25) is 0 Å². The molecule has 2 nitrogen and oxygen atoms in total. The van der Waals surface area contributed by atoms with Gasteiger partial charge in [-0.15, -0.1) is 0 Å². The second kappa shape index (κ2) is 4.86. The smallest absolute Gasteiger partial charge is 0.390 e. The van der Waals surface area contributed by atoms with Crippen molar-refractivity contribution in [1.29, 1.82) is 0 Å². The van der Waals surface area contributed by atoms with Crippen molar-refractivity contribution in [2.24, 2.45) is 0 Å². The summed E-state index contributed by atoms with van der Waals surface area (Å²) in [5.41, 5.74) is 6.58. The van der Waals surface area contributed by atoms with E-state index in [4.69, 9.17) is 5.73 Å². The Balaban J connectivity index is 2.77. The molecule has 2 N–H and O–H groups in total. The number of anilines is 1. The van der Waals surface area contributed by atoms with Crippen LogP contribution in [-0.2, 0) is 10.8 Å². The predicted octanol–water partition coefficient (Wildman–Crippen LogP) is 2.64. The monoisotopic (exact) mass is 251 g/mol. The molecule has 0 aromatic heterocycles. The maximum Gasteiger partial charge on any atom is 0.390 e. The Bertz CT molecular complexity index is 404. The van der Waals surface area contributed by atoms with Gasteiger partial charge in [-0.1, -0.05) is 6.07 Å². The van der Waals surface area contributed by atoms with Gasteiger partial charge in [0, 0.05) is 16.3 Å². The van der Waals surface area contributed by atoms with Gasteiger partial charge in [0.1, 0.15) is 0 Å². The van der Waals surface area contributed by atoms with Crippen molar-refractivity contribution in [3.8, 4) is 0 Å². The summed E-state index contributed by atoms with van der Waals surface area (Å²) in [6, 6.07) is 4.73. The molecule has 16 heavy (non-hydrogen) atoms. The molecule has 6 heteroatoms. The van der Waals surface area contributed by atoms with Gasteiger partial charge in [0.05, 0.1) is 17.2 Å². The molecule has 0 bridgehead atoms. The maximum absolute atomic E-state index is 12.0. The molecule has 1 aromatic carbocycles. The van der Waals surface area contributed by atoms with E-state index in [0.29, 0.717) is 16.1 Å². The van der Waals surface area contributed by atoms with Crippen molar-refractivity contribution in [3.05, 3.63) is 23.8 Å². The van der Waals surface area contributed by atoms with E-state index in [2.05, 4.69) is 0 Å². The number of hydrogen-bond acceptors (Lipinski definition) is 2. The first-order chi connectivity index (χ1) is 7.29. The van der Waals surface area contributed by atoms with Crippen molar-refractivity contribution in [2.75, 3.05) is 11.5 Å². The highest BCUT2D eigenvalue weighted by Crippen LogP contribution is 2.23. The Morgan fingerprint density at radius 2 is 2.00 bits per heavy atom. The number of benzene rings is 1. The lowest BCUT2D eigenvalue weighted by molar-refractivity contribution is -0.129. The molecule has 1 atom stereocenters. The quantitative estimate of drug-likeness (QED) is 0.839. The van der Waals surface area contributed by atoms with Crippen molar-refractivity contribution in [1.82, 2.24) is 0 Å². The molecule has 0 aliphatic carbocycles. The van der Waals surface area contributed by atoms with Crippen LogP contribution in [0.5, 0.6) is 0 Å². The molecule has 1 rings (SSSR count). The Morgan fingerprint density at radius 3 is 2.56 bits per heavy atom. The summed E-state index contributed by atoms with van der Waals surface area (Å²) in [6.07, 6.45) is -5.32. The summed E-state index contributed by atoms with van der Waals surface area (Å²) >= 11 is 0. The lowest BCUT2D eigenvalue weighted by Gasteiger charge is -2.08. The Kier molecular flexibility index (Phi) is 3.96. The summed E-state index contributed by atoms with van der Waals surface area (Å²) in [5, 5.41) is 0. The average molecular weight is 251 g/mol. The molecule has 0 saturated carbocycles. The minimum absolute atomic E-state index is 0.379. The summed E-state index contributed by atoms with van der Waals surface area (Å²) in [4.78, 5) is 0.379. The average Bonchev–Trinajstić information content (AvgIpc) is 2.17. The second-order valence-corrected chi connectivity index (χ2v) is 4.98. The molecular formula is C10H12F3NOS. The first kappa shape index (κ1) is 13.0. The highest BCUT2D eigenvalue weighted by molar-refractivity contribution is 7.85. The van der Waals surface area contributed by atoms with Gasteiger partial charge in [0.15, 0.2) is 0 Å². The first-order valence-corrected chi connectivity index (χ1v) is 5.93. The van der Waals surface area contributed by atoms with Crippen LogP contribution in [0.2, 0.25) is 0 Å². The Hall–Kier alpha value is -1.04. The summed E-state index contributed by atoms with van der Waals surface area (Å²) in [5.74, 6) is -0.423. The predicted molar refractivity (Wildman–Crippen MR) is 57.5 cm³/mol. The van der Waals surface area contributed by atoms with Crippen molar-refractivity contribution in [2.45, 2.75) is 24.4 Å². The van der Waals surface area contributed by atoms with Crippen LogP contribution in [0.15, 0.2) is 23.1 Å². The van der Waals surface area contributed by atoms with E-state index in [0.717, 1.165) is 0 Å². The van der Waals surface area contributed by atoms with Gasteiger partial charge in [-0.05, 0) is 24.6 Å². The van der Waals surface area contributed by atoms with Gasteiger partial charge < -0.3 is 5.73 Å². The Labute approximate surface area is 94.1 Å². The van der Waals surface area contributed by atoms with Crippen LogP contribution in [0.25, 0.3) is 0 Å². The van der Waals surface area contributed by atoms with Crippen LogP contribution >= 0.6 is 0 Å². The van der Waals surface area contributed by atoms with Crippen molar-refractivity contribution >= 4 is 16.5 Å². The highest BCUT2D eigenvalue weighted by Gasteiger charge is 2.28. The molecule has 0 saturated heterocycles. The number of nitrogens with two attached hydrogens (primary N) is 1. The summed E-state index contributed by atoms with van der Waals surface area (Å²) in [7, 11) is -1.65. The van der Waals surface area contributed by atoms with E-state index in [-0.39, 0.29) is 0 Å². The van der Waals surface area contributed by atoms with E-state index < -0.39 is 29.1 Å². The van der Waals surface area contributed by atoms with E-state index in [1.807, 2.05) is 0 Å². The minimum atomic E-state index is -4.27. The molecule has 0 fully saturated rings. The molecule has 90 valence electrons. The standard InChI is InChI=1S/C10H12F3NOS/c1-7-2-3-8(14)6-9(7)16(15)5-4-10(11,12)13/h2-3,6H,4-5,14H2,1H3. The summed E-state index contributed by atoms with van der Waals surface area (Å²) < 4.78 is 47.5. The molecule has 1 aromatic rings. The van der Waals surface area contributed by atoms with Crippen LogP contribution in [0, 0.1) is 6.92 Å². The fourth-order valence-electron chi connectivity index (χ4n) is 1.18. The Morgan fingerprint density at radius 1 is 1.38 bits per heavy atom. The normalized spacial score (nSPS) is 13.8. The van der Waals surface area contributed by atoms with Crippen LogP contribution in [-0.4, -0.2) is 16.1 Å². The third kappa shape index (κ3) is 3.84. The fraction of sp³-hybridized carbons (Fsp3) is 0.400. The zero-order valence-corrected chi connectivity index (χ0v) is 9.49. The van der Waals surface area contributed by atoms with Gasteiger partial charge in [-0.3, -0.25) is 4.21 Å². The number of rotatable bonds is 3. The first-order valence-electron chi connectivity index (χ1n) is 4.61. The number of alkyl halides is 3. The van der Waals surface area contributed by atoms with Crippen molar-refractivity contribution < 1.29 is 17.4 Å². The second-order valence-electron chi connectivity index (χ2n) is 3.44. The molecule has 0 heterocycles. The van der Waals surface area contributed by atoms with Gasteiger partial charge in [0.25, 0.3) is 0 Å². The van der Waals surface area contributed by atoms with Crippen LogP contribution in [0.3, 0.4) is 0 Å². The highest BCUT2D eigenvalue weighted by atomic mass is 32.2. The number of hydrogen-bond donors (Lipinski definition) is 1. The van der Waals surface area contributed by atoms with Gasteiger partial charge in [-0.25, -0.2) is 0 Å². The third-order valence-corrected chi connectivity index (χ3v) is 3.53. The lowest BCUT2D eigenvalue weighted by atomic mass is 10.2. The largest absolute Gasteiger partial charge is 0.399 e. The lowest BCUT2D eigenvalue weighted by Crippen LogP contribution is -2.13. The van der Waals surface area contributed by atoms with E-state index >= 15 is 0 Å². The number of halogens is 3. The molecule has 1 unspecified atom stereocenters. The molecule has 0 aliphatic heterocycles. The maximum atomic E-state index is 12.0. The van der Waals surface area contributed by atoms with Gasteiger partial charge in [-0.2, -0.15) is 13.2 Å². The van der Waals surface area contributed by atoms with Crippen LogP contribution in [0.1, 0.15) is 12.0 Å². The summed E-state index contributed by atoms with van der Waals surface area (Å²) in [6.45, 7) is 1.69. The zero-order chi connectivity index (χ0) is 12.3. The third-order valence-electron chi connectivity index (χ3n) is 2.03. The van der Waals surface area contributed by atoms with E-state index in [1.165, 1.54) is 6.07 Å². The molecule has 0 aliphatic rings. The molecular weight excluding hydrogens is 239 g/mol. The molecule has 0 amide bonds. The molecule has 0 spiro atoms. The van der Waals surface area contributed by atoms with Crippen LogP contribution in [0.4, 0.5) is 18.9 Å². The van der Waals surface area contributed by atoms with Crippen molar-refractivity contribution in [3.63, 3.8) is 0 Å². The SMILES string of the molecule is Cc1ccc(N)cc1S(=O)CCC(F)(F)F. The van der Waals surface area contributed by atoms with Gasteiger partial charge >= 0.3 is 6.18 Å².